The summed E-state index contributed by atoms with van der Waals surface area (Å²) >= 11 is 1.81. The number of rotatable bonds is 2. The van der Waals surface area contributed by atoms with Crippen molar-refractivity contribution in [3.63, 3.8) is 0 Å². The zero-order valence-electron chi connectivity index (χ0n) is 11.4. The molecular weight excluding hydrogens is 252 g/mol. The Balaban J connectivity index is 2.38. The molecule has 0 unspecified atom stereocenters. The molecule has 0 aliphatic carbocycles. The van der Waals surface area contributed by atoms with Gasteiger partial charge in [0.1, 0.15) is 5.52 Å². The minimum Gasteiger partial charge on any atom is -0.383 e. The van der Waals surface area contributed by atoms with E-state index in [0.717, 1.165) is 17.6 Å². The summed E-state index contributed by atoms with van der Waals surface area (Å²) in [7, 11) is 0. The van der Waals surface area contributed by atoms with Crippen molar-refractivity contribution in [1.29, 1.82) is 0 Å². The molecule has 19 heavy (non-hydrogen) atoms. The van der Waals surface area contributed by atoms with Crippen LogP contribution in [0.3, 0.4) is 0 Å². The Kier molecular flexibility index (Phi) is 3.07. The van der Waals surface area contributed by atoms with Crippen LogP contribution in [0, 0.1) is 13.8 Å². The van der Waals surface area contributed by atoms with E-state index < -0.39 is 0 Å². The van der Waals surface area contributed by atoms with E-state index in [1.54, 1.807) is 11.3 Å². The zero-order valence-corrected chi connectivity index (χ0v) is 12.3. The van der Waals surface area contributed by atoms with E-state index in [1.807, 2.05) is 0 Å². The van der Waals surface area contributed by atoms with E-state index in [0.29, 0.717) is 0 Å². The van der Waals surface area contributed by atoms with E-state index in [9.17, 15) is 0 Å². The summed E-state index contributed by atoms with van der Waals surface area (Å²) in [5.41, 5.74) is 5.84. The number of benzene rings is 2. The Morgan fingerprint density at radius 3 is 2.68 bits per heavy atom. The third-order valence-corrected chi connectivity index (χ3v) is 4.38. The van der Waals surface area contributed by atoms with E-state index in [-0.39, 0.29) is 0 Å². The highest BCUT2D eigenvalue weighted by Crippen LogP contribution is 2.32. The smallest absolute Gasteiger partial charge is 0.259 e. The molecule has 0 fully saturated rings. The first-order valence-corrected chi connectivity index (χ1v) is 7.38. The lowest BCUT2D eigenvalue weighted by molar-refractivity contribution is 1.20. The van der Waals surface area contributed by atoms with Gasteiger partial charge in [0, 0.05) is 18.7 Å². The summed E-state index contributed by atoms with van der Waals surface area (Å²) in [6.45, 7) is 7.27. The van der Waals surface area contributed by atoms with Crippen molar-refractivity contribution in [3.05, 3.63) is 41.5 Å². The van der Waals surface area contributed by atoms with Gasteiger partial charge in [-0.15, -0.1) is 0 Å². The normalized spacial score (nSPS) is 11.1. The predicted octanol–water partition coefficient (Wildman–Crippen LogP) is 4.78. The average molecular weight is 269 g/mol. The molecule has 3 rings (SSSR count). The fourth-order valence-corrected chi connectivity index (χ4v) is 3.27. The number of anilines is 1. The minimum absolute atomic E-state index is 0.915. The lowest BCUT2D eigenvalue weighted by Gasteiger charge is -2.07. The topological polar surface area (TPSA) is 24.9 Å². The van der Waals surface area contributed by atoms with Gasteiger partial charge < -0.3 is 5.32 Å². The molecular formula is C16H17N2S+. The second-order valence-corrected chi connectivity index (χ2v) is 5.90. The van der Waals surface area contributed by atoms with Gasteiger partial charge in [0.05, 0.1) is 5.69 Å². The molecule has 96 valence electrons. The molecule has 1 N–H and O–H groups in total. The summed E-state index contributed by atoms with van der Waals surface area (Å²) in [4.78, 5) is 4.87. The van der Waals surface area contributed by atoms with Crippen LogP contribution in [0.1, 0.15) is 18.1 Å². The first-order valence-electron chi connectivity index (χ1n) is 6.56. The summed E-state index contributed by atoms with van der Waals surface area (Å²) in [5, 5.41) is 3.44. The van der Waals surface area contributed by atoms with E-state index in [1.165, 1.54) is 26.2 Å². The second-order valence-electron chi connectivity index (χ2n) is 4.82. The van der Waals surface area contributed by atoms with Crippen molar-refractivity contribution in [2.24, 2.45) is 0 Å². The van der Waals surface area contributed by atoms with Crippen LogP contribution in [-0.4, -0.2) is 11.5 Å². The molecule has 1 heterocycles. The van der Waals surface area contributed by atoms with Gasteiger partial charge in [-0.1, -0.05) is 12.1 Å². The van der Waals surface area contributed by atoms with E-state index >= 15 is 0 Å². The molecule has 2 aromatic carbocycles. The van der Waals surface area contributed by atoms with Crippen molar-refractivity contribution in [2.75, 3.05) is 11.9 Å². The van der Waals surface area contributed by atoms with Crippen LogP contribution in [0.5, 0.6) is 0 Å². The predicted molar refractivity (Wildman–Crippen MR) is 85.2 cm³/mol. The van der Waals surface area contributed by atoms with Crippen molar-refractivity contribution >= 4 is 37.5 Å². The molecule has 3 aromatic rings. The highest BCUT2D eigenvalue weighted by Gasteiger charge is 2.16. The first-order chi connectivity index (χ1) is 9.19. The maximum atomic E-state index is 4.87. The van der Waals surface area contributed by atoms with Gasteiger partial charge in [0.15, 0.2) is 5.52 Å². The van der Waals surface area contributed by atoms with Gasteiger partial charge in [-0.3, -0.25) is 0 Å². The largest absolute Gasteiger partial charge is 0.383 e. The van der Waals surface area contributed by atoms with Crippen molar-refractivity contribution in [3.8, 4) is 0 Å². The number of aromatic nitrogens is 1. The summed E-state index contributed by atoms with van der Waals surface area (Å²) < 4.78 is 2.47. The minimum atomic E-state index is 0.915. The lowest BCUT2D eigenvalue weighted by Crippen LogP contribution is -2.00. The Morgan fingerprint density at radius 1 is 1.11 bits per heavy atom. The van der Waals surface area contributed by atoms with Gasteiger partial charge in [-0.25, -0.2) is 4.98 Å². The summed E-state index contributed by atoms with van der Waals surface area (Å²) in [6.07, 6.45) is 0. The SMILES string of the molecule is CCNc1c(C)ccc2[s+]c3ccc(C)cc3nc12. The number of nitrogens with one attached hydrogen (secondary N) is 1. The van der Waals surface area contributed by atoms with Crippen LogP contribution in [0.25, 0.3) is 20.4 Å². The molecule has 0 bridgehead atoms. The number of nitrogens with zero attached hydrogens (tertiary/aromatic N) is 1. The molecule has 3 heteroatoms. The molecule has 2 nitrogen and oxygen atoms in total. The second kappa shape index (κ2) is 4.74. The summed E-state index contributed by atoms with van der Waals surface area (Å²) in [5.74, 6) is 0. The van der Waals surface area contributed by atoms with Crippen molar-refractivity contribution in [2.45, 2.75) is 20.8 Å². The van der Waals surface area contributed by atoms with E-state index in [4.69, 9.17) is 4.98 Å². The van der Waals surface area contributed by atoms with Crippen molar-refractivity contribution in [1.82, 2.24) is 4.98 Å². The van der Waals surface area contributed by atoms with Crippen LogP contribution in [-0.2, 0) is 0 Å². The average Bonchev–Trinajstić information content (AvgIpc) is 2.40. The highest BCUT2D eigenvalue weighted by molar-refractivity contribution is 7.24. The van der Waals surface area contributed by atoms with Crippen LogP contribution < -0.4 is 5.32 Å². The van der Waals surface area contributed by atoms with Gasteiger partial charge in [0.25, 0.3) is 9.40 Å². The lowest BCUT2D eigenvalue weighted by atomic mass is 10.1. The van der Waals surface area contributed by atoms with Crippen LogP contribution >= 0.6 is 11.3 Å². The number of hydrogen-bond acceptors (Lipinski definition) is 2. The number of hydrogen-bond donors (Lipinski definition) is 1. The Labute approximate surface area is 117 Å². The fourth-order valence-electron chi connectivity index (χ4n) is 2.31. The first kappa shape index (κ1) is 12.3. The standard InChI is InChI=1S/C16H17N2S/c1-4-17-15-11(3)6-8-14-16(15)18-12-9-10(2)5-7-13(12)19-14/h5-9,17H,4H2,1-3H3/q+1. The molecule has 0 spiro atoms. The van der Waals surface area contributed by atoms with Gasteiger partial charge >= 0.3 is 0 Å². The summed E-state index contributed by atoms with van der Waals surface area (Å²) in [6, 6.07) is 10.8. The Bertz CT molecular complexity index is 765. The fraction of sp³-hybridized carbons (Fsp3) is 0.250. The molecule has 0 saturated carbocycles. The van der Waals surface area contributed by atoms with Gasteiger partial charge in [-0.05, 0) is 38.0 Å². The quantitative estimate of drug-likeness (QED) is 0.535. The maximum Gasteiger partial charge on any atom is 0.259 e. The van der Waals surface area contributed by atoms with Crippen LogP contribution in [0.2, 0.25) is 0 Å². The van der Waals surface area contributed by atoms with Gasteiger partial charge in [-0.2, -0.15) is 0 Å². The monoisotopic (exact) mass is 269 g/mol. The third-order valence-electron chi connectivity index (χ3n) is 3.27. The Hall–Kier alpha value is -1.74. The zero-order chi connectivity index (χ0) is 13.4. The molecule has 0 aliphatic heterocycles. The highest BCUT2D eigenvalue weighted by atomic mass is 32.1. The number of aryl methyl sites for hydroxylation is 2. The number of fused-ring (bicyclic) bond motifs is 2. The van der Waals surface area contributed by atoms with Crippen molar-refractivity contribution < 1.29 is 0 Å². The third kappa shape index (κ3) is 2.15. The van der Waals surface area contributed by atoms with Crippen LogP contribution in [0.15, 0.2) is 30.3 Å². The van der Waals surface area contributed by atoms with Gasteiger partial charge in [0.2, 0.25) is 11.3 Å². The molecule has 0 aliphatic rings. The maximum absolute atomic E-state index is 4.87. The Morgan fingerprint density at radius 2 is 1.89 bits per heavy atom. The molecule has 1 aromatic heterocycles. The van der Waals surface area contributed by atoms with Crippen LogP contribution in [0.4, 0.5) is 5.69 Å². The molecule has 0 atom stereocenters. The molecule has 0 amide bonds. The van der Waals surface area contributed by atoms with E-state index in [2.05, 4.69) is 56.4 Å². The molecule has 0 radical (unpaired) electrons. The molecule has 0 saturated heterocycles.